The van der Waals surface area contributed by atoms with Crippen molar-refractivity contribution in [2.45, 2.75) is 51.6 Å². The summed E-state index contributed by atoms with van der Waals surface area (Å²) >= 11 is 0. The van der Waals surface area contributed by atoms with Crippen LogP contribution in [-0.2, 0) is 4.79 Å². The van der Waals surface area contributed by atoms with Gasteiger partial charge in [-0.1, -0.05) is 12.1 Å². The number of aryl methyl sites for hydroxylation is 1. The second-order valence-corrected chi connectivity index (χ2v) is 8.07. The fourth-order valence-electron chi connectivity index (χ4n) is 3.80. The number of benzene rings is 1. The van der Waals surface area contributed by atoms with Gasteiger partial charge in [0, 0.05) is 37.8 Å². The number of anilines is 2. The van der Waals surface area contributed by atoms with Crippen LogP contribution in [0.25, 0.3) is 0 Å². The summed E-state index contributed by atoms with van der Waals surface area (Å²) in [6.45, 7) is 3.92. The van der Waals surface area contributed by atoms with Gasteiger partial charge < -0.3 is 15.5 Å². The van der Waals surface area contributed by atoms with Gasteiger partial charge in [0.1, 0.15) is 11.6 Å². The van der Waals surface area contributed by atoms with E-state index in [9.17, 15) is 9.18 Å². The minimum absolute atomic E-state index is 0.00669. The van der Waals surface area contributed by atoms with Gasteiger partial charge in [-0.15, -0.1) is 0 Å². The van der Waals surface area contributed by atoms with Crippen LogP contribution in [-0.4, -0.2) is 36.0 Å². The summed E-state index contributed by atoms with van der Waals surface area (Å²) in [4.78, 5) is 23.6. The zero-order valence-electron chi connectivity index (χ0n) is 17.6. The van der Waals surface area contributed by atoms with Gasteiger partial charge >= 0.3 is 0 Å². The number of carbonyl (C=O) groups excluding carboxylic acids is 1. The zero-order chi connectivity index (χ0) is 21.0. The van der Waals surface area contributed by atoms with Crippen molar-refractivity contribution in [1.82, 2.24) is 15.3 Å². The van der Waals surface area contributed by atoms with E-state index in [1.54, 1.807) is 12.1 Å². The van der Waals surface area contributed by atoms with E-state index < -0.39 is 0 Å². The van der Waals surface area contributed by atoms with Crippen LogP contribution in [0.1, 0.15) is 49.8 Å². The van der Waals surface area contributed by atoms with E-state index >= 15 is 0 Å². The molecule has 2 aromatic rings. The first-order valence-corrected chi connectivity index (χ1v) is 10.2. The van der Waals surface area contributed by atoms with Crippen LogP contribution in [0.5, 0.6) is 0 Å². The number of hydrogen-bond acceptors (Lipinski definition) is 5. The van der Waals surface area contributed by atoms with Gasteiger partial charge in [0.2, 0.25) is 11.9 Å². The maximum Gasteiger partial charge on any atom is 0.224 e. The molecule has 1 amide bonds. The van der Waals surface area contributed by atoms with E-state index in [1.165, 1.54) is 12.1 Å². The number of amides is 1. The normalized spacial score (nSPS) is 20.0. The molecule has 1 aromatic carbocycles. The molecule has 1 heterocycles. The van der Waals surface area contributed by atoms with E-state index in [4.69, 9.17) is 0 Å². The Morgan fingerprint density at radius 3 is 2.45 bits per heavy atom. The molecule has 1 unspecified atom stereocenters. The predicted octanol–water partition coefficient (Wildman–Crippen LogP) is 3.84. The monoisotopic (exact) mass is 399 g/mol. The van der Waals surface area contributed by atoms with Crippen molar-refractivity contribution in [2.75, 3.05) is 24.3 Å². The molecule has 1 aromatic heterocycles. The van der Waals surface area contributed by atoms with E-state index in [0.29, 0.717) is 5.95 Å². The average Bonchev–Trinajstić information content (AvgIpc) is 2.70. The first-order chi connectivity index (χ1) is 13.8. The second-order valence-electron chi connectivity index (χ2n) is 8.07. The van der Waals surface area contributed by atoms with E-state index in [2.05, 4.69) is 20.6 Å². The Bertz CT molecular complexity index is 832. The molecule has 1 aliphatic carbocycles. The van der Waals surface area contributed by atoms with E-state index in [1.807, 2.05) is 39.0 Å². The highest BCUT2D eigenvalue weighted by atomic mass is 19.1. The van der Waals surface area contributed by atoms with E-state index in [0.717, 1.165) is 42.6 Å². The molecule has 0 aliphatic heterocycles. The number of rotatable bonds is 6. The van der Waals surface area contributed by atoms with Crippen molar-refractivity contribution in [3.8, 4) is 0 Å². The Morgan fingerprint density at radius 1 is 1.17 bits per heavy atom. The van der Waals surface area contributed by atoms with Crippen molar-refractivity contribution in [1.29, 1.82) is 0 Å². The average molecular weight is 400 g/mol. The number of carbonyl (C=O) groups is 1. The molecule has 1 aliphatic rings. The number of aromatic nitrogens is 2. The minimum atomic E-state index is -0.270. The van der Waals surface area contributed by atoms with Crippen LogP contribution in [0.4, 0.5) is 16.2 Å². The quantitative estimate of drug-likeness (QED) is 0.772. The molecule has 7 heteroatoms. The molecule has 6 nitrogen and oxygen atoms in total. The Hall–Kier alpha value is -2.70. The summed E-state index contributed by atoms with van der Waals surface area (Å²) in [7, 11) is 3.94. The minimum Gasteiger partial charge on any atom is -0.362 e. The Labute approximate surface area is 171 Å². The lowest BCUT2D eigenvalue weighted by atomic mass is 9.85. The second kappa shape index (κ2) is 9.20. The third kappa shape index (κ3) is 5.43. The third-order valence-corrected chi connectivity index (χ3v) is 5.53. The first kappa shape index (κ1) is 21.0. The summed E-state index contributed by atoms with van der Waals surface area (Å²) in [6, 6.07) is 6.40. The van der Waals surface area contributed by atoms with Gasteiger partial charge in [0.15, 0.2) is 0 Å². The molecular formula is C22H30FN5O. The zero-order valence-corrected chi connectivity index (χ0v) is 17.6. The molecule has 0 radical (unpaired) electrons. The molecule has 3 rings (SSSR count). The topological polar surface area (TPSA) is 70.1 Å². The predicted molar refractivity (Wildman–Crippen MR) is 113 cm³/mol. The lowest BCUT2D eigenvalue weighted by Gasteiger charge is -2.29. The highest BCUT2D eigenvalue weighted by Crippen LogP contribution is 2.27. The van der Waals surface area contributed by atoms with Crippen LogP contribution in [0.15, 0.2) is 30.5 Å². The largest absolute Gasteiger partial charge is 0.362 e. The molecule has 0 saturated heterocycles. The standard InChI is InChI=1S/C22H30FN5O/c1-14-13-24-22(27-20(14)28(3)4)26-19-11-7-17(8-12-19)21(29)25-15(2)16-5-9-18(23)10-6-16/h5-6,9-10,13,15,17,19H,7-8,11-12H2,1-4H3,(H,25,29)(H,24,26,27). The van der Waals surface area contributed by atoms with Gasteiger partial charge in [-0.25, -0.2) is 9.37 Å². The lowest BCUT2D eigenvalue weighted by molar-refractivity contribution is -0.126. The van der Waals surface area contributed by atoms with Crippen LogP contribution in [0.3, 0.4) is 0 Å². The van der Waals surface area contributed by atoms with Gasteiger partial charge in [0.25, 0.3) is 0 Å². The fraction of sp³-hybridized carbons (Fsp3) is 0.500. The van der Waals surface area contributed by atoms with Crippen LogP contribution >= 0.6 is 0 Å². The maximum atomic E-state index is 13.1. The van der Waals surface area contributed by atoms with Gasteiger partial charge in [-0.05, 0) is 57.2 Å². The Morgan fingerprint density at radius 2 is 1.83 bits per heavy atom. The molecule has 1 saturated carbocycles. The molecule has 156 valence electrons. The Kier molecular flexibility index (Phi) is 6.67. The molecule has 0 bridgehead atoms. The molecule has 0 spiro atoms. The highest BCUT2D eigenvalue weighted by molar-refractivity contribution is 5.79. The number of halogens is 1. The van der Waals surface area contributed by atoms with Crippen LogP contribution in [0.2, 0.25) is 0 Å². The molecule has 1 atom stereocenters. The molecule has 1 fully saturated rings. The Balaban J connectivity index is 1.50. The summed E-state index contributed by atoms with van der Waals surface area (Å²) < 4.78 is 13.1. The van der Waals surface area contributed by atoms with Crippen LogP contribution in [0, 0.1) is 18.7 Å². The van der Waals surface area contributed by atoms with Gasteiger partial charge in [-0.2, -0.15) is 4.98 Å². The number of hydrogen-bond donors (Lipinski definition) is 2. The highest BCUT2D eigenvalue weighted by Gasteiger charge is 2.27. The van der Waals surface area contributed by atoms with Crippen LogP contribution < -0.4 is 15.5 Å². The molecular weight excluding hydrogens is 369 g/mol. The van der Waals surface area contributed by atoms with Crippen molar-refractivity contribution < 1.29 is 9.18 Å². The van der Waals surface area contributed by atoms with Crippen molar-refractivity contribution in [3.63, 3.8) is 0 Å². The van der Waals surface area contributed by atoms with Gasteiger partial charge in [-0.3, -0.25) is 4.79 Å². The summed E-state index contributed by atoms with van der Waals surface area (Å²) in [5.74, 6) is 1.35. The number of nitrogens with zero attached hydrogens (tertiary/aromatic N) is 3. The summed E-state index contributed by atoms with van der Waals surface area (Å²) in [6.07, 6.45) is 5.29. The number of nitrogens with one attached hydrogen (secondary N) is 2. The van der Waals surface area contributed by atoms with Crippen molar-refractivity contribution in [2.24, 2.45) is 5.92 Å². The SMILES string of the molecule is Cc1cnc(NC2CCC(C(=O)NC(C)c3ccc(F)cc3)CC2)nc1N(C)C. The lowest BCUT2D eigenvalue weighted by Crippen LogP contribution is -2.37. The third-order valence-electron chi connectivity index (χ3n) is 5.53. The van der Waals surface area contributed by atoms with Crippen molar-refractivity contribution >= 4 is 17.7 Å². The molecule has 29 heavy (non-hydrogen) atoms. The smallest absolute Gasteiger partial charge is 0.224 e. The fourth-order valence-corrected chi connectivity index (χ4v) is 3.80. The molecule has 2 N–H and O–H groups in total. The first-order valence-electron chi connectivity index (χ1n) is 10.2. The summed E-state index contributed by atoms with van der Waals surface area (Å²) in [5, 5.41) is 6.48. The van der Waals surface area contributed by atoms with Gasteiger partial charge in [0.05, 0.1) is 6.04 Å². The van der Waals surface area contributed by atoms with E-state index in [-0.39, 0.29) is 29.7 Å². The van der Waals surface area contributed by atoms with Crippen molar-refractivity contribution in [3.05, 3.63) is 47.4 Å². The maximum absolute atomic E-state index is 13.1. The summed E-state index contributed by atoms with van der Waals surface area (Å²) in [5.41, 5.74) is 1.94.